The monoisotopic (exact) mass is 133 g/mol. The zero-order valence-electron chi connectivity index (χ0n) is 6.04. The van der Waals surface area contributed by atoms with Crippen LogP contribution in [-0.2, 0) is 0 Å². The van der Waals surface area contributed by atoms with Crippen molar-refractivity contribution < 1.29 is 0 Å². The van der Waals surface area contributed by atoms with Crippen molar-refractivity contribution in [3.8, 4) is 0 Å². The third-order valence-corrected chi connectivity index (χ3v) is 1.24. The van der Waals surface area contributed by atoms with Crippen LogP contribution in [0.15, 0.2) is 36.5 Å². The summed E-state index contributed by atoms with van der Waals surface area (Å²) in [7, 11) is 1.89. The second kappa shape index (κ2) is 3.72. The van der Waals surface area contributed by atoms with E-state index in [2.05, 4.69) is 17.4 Å². The van der Waals surface area contributed by atoms with Crippen LogP contribution in [0.3, 0.4) is 0 Å². The first-order valence-electron chi connectivity index (χ1n) is 3.32. The summed E-state index contributed by atoms with van der Waals surface area (Å²) < 4.78 is 0. The van der Waals surface area contributed by atoms with Gasteiger partial charge in [-0.2, -0.15) is 0 Å². The van der Waals surface area contributed by atoms with Crippen molar-refractivity contribution in [1.29, 1.82) is 0 Å². The third kappa shape index (κ3) is 1.94. The van der Waals surface area contributed by atoms with Crippen LogP contribution in [-0.4, -0.2) is 7.05 Å². The van der Waals surface area contributed by atoms with Crippen molar-refractivity contribution in [1.82, 2.24) is 5.32 Å². The molecule has 0 spiro atoms. The van der Waals surface area contributed by atoms with Gasteiger partial charge in [-0.25, -0.2) is 0 Å². The second-order valence-electron chi connectivity index (χ2n) is 2.03. The maximum Gasteiger partial charge on any atom is 0.00277 e. The molecule has 0 amide bonds. The minimum absolute atomic E-state index is 1.22. The van der Waals surface area contributed by atoms with Crippen LogP contribution in [0.4, 0.5) is 0 Å². The predicted octanol–water partition coefficient (Wildman–Crippen LogP) is 1.88. The molecule has 0 radical (unpaired) electrons. The third-order valence-electron chi connectivity index (χ3n) is 1.24. The summed E-state index contributed by atoms with van der Waals surface area (Å²) in [5.41, 5.74) is 1.22. The Morgan fingerprint density at radius 1 is 1.20 bits per heavy atom. The highest BCUT2D eigenvalue weighted by Gasteiger charge is 1.78. The molecule has 1 rings (SSSR count). The molecule has 1 aromatic rings. The molecule has 10 heavy (non-hydrogen) atoms. The van der Waals surface area contributed by atoms with E-state index in [1.807, 2.05) is 37.5 Å². The molecule has 0 atom stereocenters. The number of nitrogens with one attached hydrogen (secondary N) is 1. The minimum Gasteiger partial charge on any atom is -0.394 e. The summed E-state index contributed by atoms with van der Waals surface area (Å²) >= 11 is 0. The van der Waals surface area contributed by atoms with Gasteiger partial charge in [0.15, 0.2) is 0 Å². The topological polar surface area (TPSA) is 12.0 Å². The summed E-state index contributed by atoms with van der Waals surface area (Å²) in [4.78, 5) is 0. The smallest absolute Gasteiger partial charge is 0.00277 e. The molecule has 0 saturated carbocycles. The fourth-order valence-corrected chi connectivity index (χ4v) is 0.744. The lowest BCUT2D eigenvalue weighted by molar-refractivity contribution is 1.11. The van der Waals surface area contributed by atoms with Gasteiger partial charge >= 0.3 is 0 Å². The molecule has 0 aliphatic carbocycles. The molecule has 52 valence electrons. The minimum atomic E-state index is 1.22. The predicted molar refractivity (Wildman–Crippen MR) is 44.5 cm³/mol. The molecule has 1 heteroatoms. The molecule has 0 saturated heterocycles. The molecule has 0 aliphatic heterocycles. The fourth-order valence-electron chi connectivity index (χ4n) is 0.744. The molecule has 0 bridgehead atoms. The maximum atomic E-state index is 2.94. The van der Waals surface area contributed by atoms with Gasteiger partial charge in [0.1, 0.15) is 0 Å². The first kappa shape index (κ1) is 6.87. The molecule has 0 aromatic heterocycles. The molecule has 0 fully saturated rings. The van der Waals surface area contributed by atoms with Crippen molar-refractivity contribution in [3.63, 3.8) is 0 Å². The van der Waals surface area contributed by atoms with E-state index in [9.17, 15) is 0 Å². The van der Waals surface area contributed by atoms with Crippen molar-refractivity contribution in [2.24, 2.45) is 0 Å². The van der Waals surface area contributed by atoms with Crippen molar-refractivity contribution in [3.05, 3.63) is 42.1 Å². The first-order valence-corrected chi connectivity index (χ1v) is 3.32. The van der Waals surface area contributed by atoms with E-state index in [-0.39, 0.29) is 0 Å². The molecular weight excluding hydrogens is 122 g/mol. The fraction of sp³-hybridized carbons (Fsp3) is 0.111. The first-order chi connectivity index (χ1) is 4.93. The average Bonchev–Trinajstić information content (AvgIpc) is 2.03. The Kier molecular flexibility index (Phi) is 2.56. The lowest BCUT2D eigenvalue weighted by Crippen LogP contribution is -1.90. The molecule has 1 N–H and O–H groups in total. The Balaban J connectivity index is 2.67. The van der Waals surface area contributed by atoms with E-state index >= 15 is 0 Å². The molecule has 1 nitrogen and oxygen atoms in total. The Hall–Kier alpha value is -1.24. The van der Waals surface area contributed by atoms with Crippen LogP contribution in [0.1, 0.15) is 5.56 Å². The SMILES string of the molecule is CN/C=C\c1ccccc1. The van der Waals surface area contributed by atoms with E-state index in [1.165, 1.54) is 5.56 Å². The molecule has 0 unspecified atom stereocenters. The van der Waals surface area contributed by atoms with Gasteiger partial charge in [-0.15, -0.1) is 0 Å². The lowest BCUT2D eigenvalue weighted by atomic mass is 10.2. The van der Waals surface area contributed by atoms with E-state index in [0.717, 1.165) is 0 Å². The highest BCUT2D eigenvalue weighted by Crippen LogP contribution is 1.98. The van der Waals surface area contributed by atoms with E-state index < -0.39 is 0 Å². The largest absolute Gasteiger partial charge is 0.394 e. The summed E-state index contributed by atoms with van der Waals surface area (Å²) in [5, 5.41) is 2.94. The van der Waals surface area contributed by atoms with Gasteiger partial charge in [0.25, 0.3) is 0 Å². The van der Waals surface area contributed by atoms with Crippen LogP contribution in [0, 0.1) is 0 Å². The summed E-state index contributed by atoms with van der Waals surface area (Å²) in [5.74, 6) is 0. The lowest BCUT2D eigenvalue weighted by Gasteiger charge is -1.89. The van der Waals surface area contributed by atoms with Crippen molar-refractivity contribution >= 4 is 6.08 Å². The molecule has 1 aromatic carbocycles. The number of benzene rings is 1. The van der Waals surface area contributed by atoms with Gasteiger partial charge in [-0.05, 0) is 17.8 Å². The van der Waals surface area contributed by atoms with Crippen LogP contribution < -0.4 is 5.32 Å². The molecule has 0 aliphatic rings. The van der Waals surface area contributed by atoms with E-state index in [1.54, 1.807) is 0 Å². The van der Waals surface area contributed by atoms with Gasteiger partial charge in [0, 0.05) is 7.05 Å². The quantitative estimate of drug-likeness (QED) is 0.649. The van der Waals surface area contributed by atoms with Gasteiger partial charge in [0.2, 0.25) is 0 Å². The summed E-state index contributed by atoms with van der Waals surface area (Å²) in [6.07, 6.45) is 3.94. The van der Waals surface area contributed by atoms with E-state index in [4.69, 9.17) is 0 Å². The zero-order valence-corrected chi connectivity index (χ0v) is 6.04. The maximum absolute atomic E-state index is 2.94. The normalized spacial score (nSPS) is 10.1. The Morgan fingerprint density at radius 3 is 2.50 bits per heavy atom. The number of rotatable bonds is 2. The van der Waals surface area contributed by atoms with Crippen LogP contribution in [0.2, 0.25) is 0 Å². The second-order valence-corrected chi connectivity index (χ2v) is 2.03. The van der Waals surface area contributed by atoms with Crippen LogP contribution in [0.25, 0.3) is 6.08 Å². The summed E-state index contributed by atoms with van der Waals surface area (Å²) in [6.45, 7) is 0. The zero-order chi connectivity index (χ0) is 7.23. The number of hydrogen-bond donors (Lipinski definition) is 1. The van der Waals surface area contributed by atoms with Crippen LogP contribution >= 0.6 is 0 Å². The summed E-state index contributed by atoms with van der Waals surface area (Å²) in [6, 6.07) is 10.2. The highest BCUT2D eigenvalue weighted by molar-refractivity contribution is 5.48. The van der Waals surface area contributed by atoms with Gasteiger partial charge in [-0.1, -0.05) is 30.3 Å². The standard InChI is InChI=1S/C9H11N/c1-10-8-7-9-5-3-2-4-6-9/h2-8,10H,1H3/b8-7-. The van der Waals surface area contributed by atoms with Gasteiger partial charge < -0.3 is 5.32 Å². The van der Waals surface area contributed by atoms with Crippen molar-refractivity contribution in [2.45, 2.75) is 0 Å². The Bertz CT molecular complexity index is 201. The number of hydrogen-bond acceptors (Lipinski definition) is 1. The Labute approximate surface area is 61.4 Å². The van der Waals surface area contributed by atoms with Gasteiger partial charge in [-0.3, -0.25) is 0 Å². The molecule has 0 heterocycles. The molecular formula is C9H11N. The van der Waals surface area contributed by atoms with Crippen LogP contribution in [0.5, 0.6) is 0 Å². The Morgan fingerprint density at radius 2 is 1.90 bits per heavy atom. The van der Waals surface area contributed by atoms with E-state index in [0.29, 0.717) is 0 Å². The average molecular weight is 133 g/mol. The highest BCUT2D eigenvalue weighted by atomic mass is 14.8. The van der Waals surface area contributed by atoms with Crippen molar-refractivity contribution in [2.75, 3.05) is 7.05 Å². The van der Waals surface area contributed by atoms with Gasteiger partial charge in [0.05, 0.1) is 0 Å².